The van der Waals surface area contributed by atoms with Gasteiger partial charge in [-0.1, -0.05) is 0 Å². The first-order chi connectivity index (χ1) is 9.22. The third-order valence-electron chi connectivity index (χ3n) is 3.88. The summed E-state index contributed by atoms with van der Waals surface area (Å²) in [5.74, 6) is 0.241. The number of carbonyl (C=O) groups excluding carboxylic acids is 2. The molecule has 2 aliphatic rings. The molecule has 0 spiro atoms. The van der Waals surface area contributed by atoms with Gasteiger partial charge in [0.2, 0.25) is 5.91 Å². The van der Waals surface area contributed by atoms with E-state index in [9.17, 15) is 9.59 Å². The van der Waals surface area contributed by atoms with Crippen LogP contribution in [0.1, 0.15) is 34.1 Å². The van der Waals surface area contributed by atoms with E-state index in [1.54, 1.807) is 4.90 Å². The van der Waals surface area contributed by atoms with Crippen LogP contribution in [0.5, 0.6) is 0 Å². The third-order valence-corrected chi connectivity index (χ3v) is 3.88. The molecule has 0 aromatic heterocycles. The second kappa shape index (κ2) is 5.24. The predicted octanol–water partition coefficient (Wildman–Crippen LogP) is 0.721. The molecule has 0 bridgehead atoms. The van der Waals surface area contributed by atoms with Crippen molar-refractivity contribution in [1.82, 2.24) is 15.5 Å². The van der Waals surface area contributed by atoms with Gasteiger partial charge in [0.05, 0.1) is 5.54 Å². The van der Waals surface area contributed by atoms with Gasteiger partial charge < -0.3 is 20.3 Å². The van der Waals surface area contributed by atoms with Gasteiger partial charge in [-0.3, -0.25) is 4.79 Å². The molecule has 2 aliphatic heterocycles. The molecule has 2 fully saturated rings. The number of hydrogen-bond acceptors (Lipinski definition) is 4. The molecule has 2 unspecified atom stereocenters. The average Bonchev–Trinajstić information content (AvgIpc) is 2.64. The Morgan fingerprint density at radius 2 is 2.10 bits per heavy atom. The lowest BCUT2D eigenvalue weighted by molar-refractivity contribution is -0.121. The van der Waals surface area contributed by atoms with Gasteiger partial charge in [0.25, 0.3) is 0 Å². The topological polar surface area (TPSA) is 70.7 Å². The highest BCUT2D eigenvalue weighted by Gasteiger charge is 2.50. The number of nitrogens with zero attached hydrogens (tertiary/aromatic N) is 1. The summed E-state index contributed by atoms with van der Waals surface area (Å²) in [5, 5.41) is 6.37. The Kier molecular flexibility index (Phi) is 3.95. The summed E-state index contributed by atoms with van der Waals surface area (Å²) in [7, 11) is 0. The van der Waals surface area contributed by atoms with Crippen molar-refractivity contribution < 1.29 is 14.3 Å². The molecule has 20 heavy (non-hydrogen) atoms. The van der Waals surface area contributed by atoms with Crippen LogP contribution in [0.25, 0.3) is 0 Å². The lowest BCUT2D eigenvalue weighted by atomic mass is 9.82. The van der Waals surface area contributed by atoms with Gasteiger partial charge in [-0.2, -0.15) is 0 Å². The van der Waals surface area contributed by atoms with E-state index in [-0.39, 0.29) is 17.5 Å². The van der Waals surface area contributed by atoms with Crippen LogP contribution in [0.4, 0.5) is 4.79 Å². The van der Waals surface area contributed by atoms with Crippen LogP contribution in [0.15, 0.2) is 0 Å². The first-order valence-corrected chi connectivity index (χ1v) is 7.19. The van der Waals surface area contributed by atoms with Crippen molar-refractivity contribution in [2.24, 2.45) is 5.92 Å². The third kappa shape index (κ3) is 3.23. The van der Waals surface area contributed by atoms with Gasteiger partial charge in [-0.15, -0.1) is 0 Å². The van der Waals surface area contributed by atoms with Gasteiger partial charge >= 0.3 is 6.09 Å². The molecule has 2 saturated heterocycles. The van der Waals surface area contributed by atoms with Crippen LogP contribution in [-0.4, -0.2) is 54.2 Å². The zero-order valence-corrected chi connectivity index (χ0v) is 12.8. The first-order valence-electron chi connectivity index (χ1n) is 7.19. The summed E-state index contributed by atoms with van der Waals surface area (Å²) in [6, 6.07) is 0. The van der Waals surface area contributed by atoms with E-state index in [2.05, 4.69) is 10.6 Å². The minimum atomic E-state index is -0.496. The standard InChI is InChI=1S/C14H25N3O3/c1-10(18)16-14-8-15-6-5-11(14)7-17(9-14)12(19)20-13(2,3)4/h11,15H,5-9H2,1-4H3,(H,16,18). The molecular formula is C14H25N3O3. The molecule has 2 heterocycles. The van der Waals surface area contributed by atoms with Gasteiger partial charge in [0, 0.05) is 32.5 Å². The van der Waals surface area contributed by atoms with Crippen molar-refractivity contribution >= 4 is 12.0 Å². The summed E-state index contributed by atoms with van der Waals surface area (Å²) < 4.78 is 5.43. The molecule has 0 radical (unpaired) electrons. The molecule has 114 valence electrons. The average molecular weight is 283 g/mol. The summed E-state index contributed by atoms with van der Waals surface area (Å²) in [6.07, 6.45) is 0.663. The molecule has 2 rings (SSSR count). The predicted molar refractivity (Wildman–Crippen MR) is 75.3 cm³/mol. The highest BCUT2D eigenvalue weighted by atomic mass is 16.6. The Morgan fingerprint density at radius 3 is 2.70 bits per heavy atom. The molecule has 2 atom stereocenters. The number of ether oxygens (including phenoxy) is 1. The largest absolute Gasteiger partial charge is 0.444 e. The van der Waals surface area contributed by atoms with E-state index in [1.165, 1.54) is 6.92 Å². The van der Waals surface area contributed by atoms with Crippen molar-refractivity contribution in [2.75, 3.05) is 26.2 Å². The highest BCUT2D eigenvalue weighted by molar-refractivity contribution is 5.75. The maximum atomic E-state index is 12.2. The van der Waals surface area contributed by atoms with E-state index in [0.717, 1.165) is 13.0 Å². The number of amides is 2. The number of hydrogen-bond donors (Lipinski definition) is 2. The lowest BCUT2D eigenvalue weighted by Crippen LogP contribution is -2.62. The zero-order valence-electron chi connectivity index (χ0n) is 12.8. The Bertz CT molecular complexity index is 405. The molecule has 6 heteroatoms. The first kappa shape index (κ1) is 15.1. The number of carbonyl (C=O) groups is 2. The quantitative estimate of drug-likeness (QED) is 0.744. The van der Waals surface area contributed by atoms with E-state index in [1.807, 2.05) is 20.8 Å². The number of piperidine rings is 1. The Hall–Kier alpha value is -1.30. The minimum absolute atomic E-state index is 0.0512. The Labute approximate surface area is 120 Å². The number of rotatable bonds is 1. The zero-order chi connectivity index (χ0) is 15.0. The fraction of sp³-hybridized carbons (Fsp3) is 0.857. The number of likely N-dealkylation sites (tertiary alicyclic amines) is 1. The maximum absolute atomic E-state index is 12.2. The van der Waals surface area contributed by atoms with E-state index >= 15 is 0 Å². The lowest BCUT2D eigenvalue weighted by Gasteiger charge is -2.39. The van der Waals surface area contributed by atoms with Crippen molar-refractivity contribution in [3.8, 4) is 0 Å². The van der Waals surface area contributed by atoms with Crippen LogP contribution in [-0.2, 0) is 9.53 Å². The molecule has 2 N–H and O–H groups in total. The summed E-state index contributed by atoms with van der Waals surface area (Å²) in [4.78, 5) is 25.4. The molecular weight excluding hydrogens is 258 g/mol. The van der Waals surface area contributed by atoms with Gasteiger partial charge in [0.15, 0.2) is 0 Å². The smallest absolute Gasteiger partial charge is 0.410 e. The Morgan fingerprint density at radius 1 is 1.40 bits per heavy atom. The molecule has 2 amide bonds. The van der Waals surface area contributed by atoms with Gasteiger partial charge in [-0.05, 0) is 33.7 Å². The van der Waals surface area contributed by atoms with E-state index in [4.69, 9.17) is 4.74 Å². The van der Waals surface area contributed by atoms with Crippen molar-refractivity contribution in [3.63, 3.8) is 0 Å². The summed E-state index contributed by atoms with van der Waals surface area (Å²) in [6.45, 7) is 9.90. The summed E-state index contributed by atoms with van der Waals surface area (Å²) >= 11 is 0. The van der Waals surface area contributed by atoms with Crippen LogP contribution in [0, 0.1) is 5.92 Å². The molecule has 0 aromatic carbocycles. The van der Waals surface area contributed by atoms with Gasteiger partial charge in [-0.25, -0.2) is 4.79 Å². The van der Waals surface area contributed by atoms with Crippen molar-refractivity contribution in [3.05, 3.63) is 0 Å². The molecule has 6 nitrogen and oxygen atoms in total. The maximum Gasteiger partial charge on any atom is 0.410 e. The molecule has 0 saturated carbocycles. The van der Waals surface area contributed by atoms with Crippen molar-refractivity contribution in [2.45, 2.75) is 45.3 Å². The fourth-order valence-electron chi connectivity index (χ4n) is 3.13. The Balaban J connectivity index is 2.09. The van der Waals surface area contributed by atoms with Gasteiger partial charge in [0.1, 0.15) is 5.60 Å². The monoisotopic (exact) mass is 283 g/mol. The number of fused-ring (bicyclic) bond motifs is 1. The van der Waals surface area contributed by atoms with E-state index in [0.29, 0.717) is 25.6 Å². The molecule has 0 aliphatic carbocycles. The van der Waals surface area contributed by atoms with Crippen LogP contribution in [0.3, 0.4) is 0 Å². The second-order valence-electron chi connectivity index (χ2n) is 6.86. The van der Waals surface area contributed by atoms with E-state index < -0.39 is 5.60 Å². The van der Waals surface area contributed by atoms with Crippen molar-refractivity contribution in [1.29, 1.82) is 0 Å². The minimum Gasteiger partial charge on any atom is -0.444 e. The molecule has 0 aromatic rings. The normalized spacial score (nSPS) is 29.8. The SMILES string of the molecule is CC(=O)NC12CNCCC1CN(C(=O)OC(C)(C)C)C2. The highest BCUT2D eigenvalue weighted by Crippen LogP contribution is 2.33. The fourth-order valence-corrected chi connectivity index (χ4v) is 3.13. The van der Waals surface area contributed by atoms with Crippen LogP contribution in [0.2, 0.25) is 0 Å². The van der Waals surface area contributed by atoms with Crippen LogP contribution < -0.4 is 10.6 Å². The number of nitrogens with one attached hydrogen (secondary N) is 2. The van der Waals surface area contributed by atoms with Crippen LogP contribution >= 0.6 is 0 Å². The second-order valence-corrected chi connectivity index (χ2v) is 6.86. The summed E-state index contributed by atoms with van der Waals surface area (Å²) in [5.41, 5.74) is -0.842.